The Bertz CT molecular complexity index is 776. The van der Waals surface area contributed by atoms with Crippen molar-refractivity contribution in [3.05, 3.63) is 41.8 Å². The largest absolute Gasteiger partial charge is 0.454 e. The molecule has 2 aliphatic rings. The van der Waals surface area contributed by atoms with Crippen molar-refractivity contribution in [3.63, 3.8) is 0 Å². The number of guanidine groups is 1. The average Bonchev–Trinajstić information content (AvgIpc) is 3.37. The summed E-state index contributed by atoms with van der Waals surface area (Å²) in [6, 6.07) is 7.91. The van der Waals surface area contributed by atoms with Crippen LogP contribution in [0.3, 0.4) is 0 Å². The fraction of sp³-hybridized carbons (Fsp3) is 0.474. The van der Waals surface area contributed by atoms with Crippen LogP contribution in [0.15, 0.2) is 40.0 Å². The Labute approximate surface area is 181 Å². The van der Waals surface area contributed by atoms with Gasteiger partial charge in [-0.1, -0.05) is 11.2 Å². The predicted octanol–water partition coefficient (Wildman–Crippen LogP) is 2.30. The van der Waals surface area contributed by atoms with Crippen LogP contribution >= 0.6 is 24.0 Å². The van der Waals surface area contributed by atoms with Gasteiger partial charge in [0.2, 0.25) is 6.79 Å². The summed E-state index contributed by atoms with van der Waals surface area (Å²) in [4.78, 5) is 9.52. The van der Waals surface area contributed by atoms with Gasteiger partial charge in [0, 0.05) is 45.3 Å². The molecule has 1 aromatic heterocycles. The molecule has 1 N–H and O–H groups in total. The zero-order chi connectivity index (χ0) is 18.5. The molecular formula is C19H26IN5O3. The number of piperazine rings is 1. The Kier molecular flexibility index (Phi) is 7.37. The van der Waals surface area contributed by atoms with E-state index in [0.29, 0.717) is 13.3 Å². The van der Waals surface area contributed by atoms with Crippen molar-refractivity contribution < 1.29 is 14.0 Å². The first-order valence-corrected chi connectivity index (χ1v) is 9.35. The van der Waals surface area contributed by atoms with Gasteiger partial charge in [0.25, 0.3) is 0 Å². The number of aliphatic imine (C=N–C) groups is 1. The third-order valence-corrected chi connectivity index (χ3v) is 4.73. The van der Waals surface area contributed by atoms with Gasteiger partial charge in [-0.05, 0) is 24.6 Å². The molecule has 0 amide bonds. The SMILES string of the molecule is CCNC(=NCc1ccc2c(c1)OCO2)N1CCN(Cc2ccon2)CC1.I. The van der Waals surface area contributed by atoms with E-state index in [4.69, 9.17) is 19.0 Å². The van der Waals surface area contributed by atoms with E-state index >= 15 is 0 Å². The summed E-state index contributed by atoms with van der Waals surface area (Å²) >= 11 is 0. The van der Waals surface area contributed by atoms with Gasteiger partial charge in [-0.2, -0.15) is 0 Å². The van der Waals surface area contributed by atoms with Crippen LogP contribution < -0.4 is 14.8 Å². The molecule has 0 aliphatic carbocycles. The molecule has 0 spiro atoms. The molecule has 28 heavy (non-hydrogen) atoms. The van der Waals surface area contributed by atoms with E-state index in [1.807, 2.05) is 24.3 Å². The number of nitrogens with zero attached hydrogens (tertiary/aromatic N) is 4. The van der Waals surface area contributed by atoms with Crippen LogP contribution in [0.25, 0.3) is 0 Å². The topological polar surface area (TPSA) is 75.4 Å². The Hall–Kier alpha value is -2.01. The van der Waals surface area contributed by atoms with Crippen LogP contribution in [-0.4, -0.2) is 60.4 Å². The number of ether oxygens (including phenoxy) is 2. The number of aromatic nitrogens is 1. The van der Waals surface area contributed by atoms with E-state index in [-0.39, 0.29) is 24.0 Å². The van der Waals surface area contributed by atoms with Gasteiger partial charge in [0.15, 0.2) is 17.5 Å². The highest BCUT2D eigenvalue weighted by Crippen LogP contribution is 2.32. The number of hydrogen-bond acceptors (Lipinski definition) is 6. The molecule has 152 valence electrons. The molecule has 0 atom stereocenters. The minimum Gasteiger partial charge on any atom is -0.454 e. The first-order valence-electron chi connectivity index (χ1n) is 9.35. The van der Waals surface area contributed by atoms with E-state index in [9.17, 15) is 0 Å². The zero-order valence-electron chi connectivity index (χ0n) is 16.0. The van der Waals surface area contributed by atoms with Gasteiger partial charge >= 0.3 is 0 Å². The van der Waals surface area contributed by atoms with Crippen LogP contribution in [0.2, 0.25) is 0 Å². The van der Waals surface area contributed by atoms with Crippen molar-refractivity contribution in [2.45, 2.75) is 20.0 Å². The number of rotatable bonds is 5. The molecule has 0 saturated carbocycles. The van der Waals surface area contributed by atoms with Crippen molar-refractivity contribution in [3.8, 4) is 11.5 Å². The minimum atomic E-state index is 0. The fourth-order valence-electron chi connectivity index (χ4n) is 3.30. The summed E-state index contributed by atoms with van der Waals surface area (Å²) < 4.78 is 15.7. The number of halogens is 1. The van der Waals surface area contributed by atoms with Crippen molar-refractivity contribution in [1.29, 1.82) is 0 Å². The molecule has 0 unspecified atom stereocenters. The Morgan fingerprint density at radius 1 is 1.14 bits per heavy atom. The van der Waals surface area contributed by atoms with Gasteiger partial charge in [-0.25, -0.2) is 4.99 Å². The standard InChI is InChI=1S/C19H25N5O3.HI/c1-2-20-19(21-12-15-3-4-17-18(11-15)26-14-25-17)24-8-6-23(7-9-24)13-16-5-10-27-22-16;/h3-5,10-11H,2,6-9,12-14H2,1H3,(H,20,21);1H. The molecule has 3 heterocycles. The van der Waals surface area contributed by atoms with Gasteiger partial charge in [-0.15, -0.1) is 24.0 Å². The highest BCUT2D eigenvalue weighted by molar-refractivity contribution is 14.0. The summed E-state index contributed by atoms with van der Waals surface area (Å²) in [5.41, 5.74) is 2.09. The first-order chi connectivity index (χ1) is 13.3. The molecule has 4 rings (SSSR count). The molecule has 8 nitrogen and oxygen atoms in total. The summed E-state index contributed by atoms with van der Waals surface area (Å²) in [5.74, 6) is 2.56. The van der Waals surface area contributed by atoms with E-state index in [0.717, 1.165) is 68.0 Å². The lowest BCUT2D eigenvalue weighted by atomic mass is 10.2. The second kappa shape index (κ2) is 9.97. The highest BCUT2D eigenvalue weighted by Gasteiger charge is 2.20. The second-order valence-corrected chi connectivity index (χ2v) is 6.61. The molecular weight excluding hydrogens is 473 g/mol. The maximum Gasteiger partial charge on any atom is 0.231 e. The third kappa shape index (κ3) is 5.07. The molecule has 1 aromatic carbocycles. The minimum absolute atomic E-state index is 0. The van der Waals surface area contributed by atoms with Crippen LogP contribution in [0, 0.1) is 0 Å². The molecule has 1 saturated heterocycles. The average molecular weight is 499 g/mol. The zero-order valence-corrected chi connectivity index (χ0v) is 18.3. The maximum absolute atomic E-state index is 5.45. The predicted molar refractivity (Wildman–Crippen MR) is 116 cm³/mol. The fourth-order valence-corrected chi connectivity index (χ4v) is 3.30. The normalized spacial score (nSPS) is 16.8. The van der Waals surface area contributed by atoms with Crippen molar-refractivity contribution in [2.24, 2.45) is 4.99 Å². The van der Waals surface area contributed by atoms with E-state index < -0.39 is 0 Å². The Morgan fingerprint density at radius 3 is 2.71 bits per heavy atom. The van der Waals surface area contributed by atoms with E-state index in [2.05, 4.69) is 27.2 Å². The Morgan fingerprint density at radius 2 is 1.96 bits per heavy atom. The Balaban J connectivity index is 0.00000225. The maximum atomic E-state index is 5.45. The molecule has 0 bridgehead atoms. The number of fused-ring (bicyclic) bond motifs is 1. The van der Waals surface area contributed by atoms with Crippen molar-refractivity contribution in [2.75, 3.05) is 39.5 Å². The van der Waals surface area contributed by atoms with Crippen LogP contribution in [-0.2, 0) is 13.1 Å². The molecule has 1 fully saturated rings. The van der Waals surface area contributed by atoms with Crippen LogP contribution in [0.1, 0.15) is 18.2 Å². The smallest absolute Gasteiger partial charge is 0.231 e. The summed E-state index contributed by atoms with van der Waals surface area (Å²) in [5, 5.41) is 7.41. The van der Waals surface area contributed by atoms with Crippen molar-refractivity contribution >= 4 is 29.9 Å². The third-order valence-electron chi connectivity index (χ3n) is 4.73. The molecule has 9 heteroatoms. The summed E-state index contributed by atoms with van der Waals surface area (Å²) in [6.07, 6.45) is 1.62. The van der Waals surface area contributed by atoms with E-state index in [1.165, 1.54) is 0 Å². The number of benzene rings is 1. The first kappa shape index (κ1) is 20.7. The molecule has 0 radical (unpaired) electrons. The van der Waals surface area contributed by atoms with Gasteiger partial charge in [0.1, 0.15) is 6.26 Å². The van der Waals surface area contributed by atoms with Gasteiger partial charge in [-0.3, -0.25) is 4.90 Å². The van der Waals surface area contributed by atoms with E-state index in [1.54, 1.807) is 6.26 Å². The molecule has 2 aliphatic heterocycles. The summed E-state index contributed by atoms with van der Waals surface area (Å²) in [6.45, 7) is 8.49. The van der Waals surface area contributed by atoms with Crippen molar-refractivity contribution in [1.82, 2.24) is 20.3 Å². The summed E-state index contributed by atoms with van der Waals surface area (Å²) in [7, 11) is 0. The number of hydrogen-bond donors (Lipinski definition) is 1. The second-order valence-electron chi connectivity index (χ2n) is 6.61. The highest BCUT2D eigenvalue weighted by atomic mass is 127. The van der Waals surface area contributed by atoms with Gasteiger partial charge < -0.3 is 24.2 Å². The lowest BCUT2D eigenvalue weighted by molar-refractivity contribution is 0.169. The lowest BCUT2D eigenvalue weighted by Crippen LogP contribution is -2.52. The monoisotopic (exact) mass is 499 g/mol. The quantitative estimate of drug-likeness (QED) is 0.385. The van der Waals surface area contributed by atoms with Crippen LogP contribution in [0.5, 0.6) is 11.5 Å². The van der Waals surface area contributed by atoms with Crippen LogP contribution in [0.4, 0.5) is 0 Å². The number of nitrogens with one attached hydrogen (secondary N) is 1. The molecule has 2 aromatic rings. The van der Waals surface area contributed by atoms with Gasteiger partial charge in [0.05, 0.1) is 12.2 Å². The lowest BCUT2D eigenvalue weighted by Gasteiger charge is -2.36.